The van der Waals surface area contributed by atoms with Gasteiger partial charge in [0.25, 0.3) is 0 Å². The highest BCUT2D eigenvalue weighted by molar-refractivity contribution is 5.79. The van der Waals surface area contributed by atoms with Crippen LogP contribution in [0.15, 0.2) is 66.7 Å². The molecule has 1 N–H and O–H groups in total. The Labute approximate surface area is 156 Å². The molecule has 3 heteroatoms. The Morgan fingerprint density at radius 1 is 1.04 bits per heavy atom. The molecule has 0 bridgehead atoms. The summed E-state index contributed by atoms with van der Waals surface area (Å²) in [4.78, 5) is 13.5. The van der Waals surface area contributed by atoms with Crippen molar-refractivity contribution < 1.29 is 9.90 Å². The highest BCUT2D eigenvalue weighted by atomic mass is 16.4. The SMILES string of the molecule is O=C(O)[C@@H]1CCCN(CCCC=C(c2ccccc2)c2ccccc2)C1. The summed E-state index contributed by atoms with van der Waals surface area (Å²) in [6, 6.07) is 21.0. The average Bonchev–Trinajstić information content (AvgIpc) is 2.69. The molecule has 1 atom stereocenters. The van der Waals surface area contributed by atoms with Gasteiger partial charge in [-0.15, -0.1) is 0 Å². The quantitative estimate of drug-likeness (QED) is 0.737. The summed E-state index contributed by atoms with van der Waals surface area (Å²) in [5.74, 6) is -0.839. The molecule has 0 saturated carbocycles. The average molecular weight is 349 g/mol. The summed E-state index contributed by atoms with van der Waals surface area (Å²) >= 11 is 0. The van der Waals surface area contributed by atoms with Crippen molar-refractivity contribution in [1.82, 2.24) is 4.90 Å². The molecular formula is C23H27NO2. The van der Waals surface area contributed by atoms with Gasteiger partial charge >= 0.3 is 5.97 Å². The van der Waals surface area contributed by atoms with Crippen LogP contribution in [0, 0.1) is 5.92 Å². The number of likely N-dealkylation sites (tertiary alicyclic amines) is 1. The van der Waals surface area contributed by atoms with E-state index in [1.807, 2.05) is 12.1 Å². The lowest BCUT2D eigenvalue weighted by atomic mass is 9.96. The van der Waals surface area contributed by atoms with Gasteiger partial charge in [0.2, 0.25) is 0 Å². The summed E-state index contributed by atoms with van der Waals surface area (Å²) in [5, 5.41) is 9.22. The van der Waals surface area contributed by atoms with Crippen LogP contribution in [0.3, 0.4) is 0 Å². The second kappa shape index (κ2) is 9.35. The first-order valence-electron chi connectivity index (χ1n) is 9.50. The van der Waals surface area contributed by atoms with Crippen molar-refractivity contribution in [3.63, 3.8) is 0 Å². The standard InChI is InChI=1S/C23H27NO2/c25-23(26)21-14-9-17-24(18-21)16-8-7-15-22(19-10-3-1-4-11-19)20-12-5-2-6-13-20/h1-6,10-13,15,21H,7-9,14,16-18H2,(H,25,26)/t21-/m1/s1. The molecule has 1 aliphatic rings. The van der Waals surface area contributed by atoms with Gasteiger partial charge in [-0.1, -0.05) is 66.7 Å². The zero-order chi connectivity index (χ0) is 18.2. The minimum atomic E-state index is -0.648. The molecule has 3 nitrogen and oxygen atoms in total. The fourth-order valence-electron chi connectivity index (χ4n) is 3.66. The zero-order valence-electron chi connectivity index (χ0n) is 15.2. The van der Waals surface area contributed by atoms with Crippen LogP contribution < -0.4 is 0 Å². The minimum Gasteiger partial charge on any atom is -0.481 e. The largest absolute Gasteiger partial charge is 0.481 e. The number of unbranched alkanes of at least 4 members (excludes halogenated alkanes) is 1. The van der Waals surface area contributed by atoms with Crippen LogP contribution in [0.25, 0.3) is 5.57 Å². The number of carboxylic acid groups (broad SMARTS) is 1. The summed E-state index contributed by atoms with van der Waals surface area (Å²) in [6.45, 7) is 2.69. The number of hydrogen-bond donors (Lipinski definition) is 1. The molecule has 1 heterocycles. The number of benzene rings is 2. The number of carboxylic acids is 1. The van der Waals surface area contributed by atoms with Crippen molar-refractivity contribution in [2.75, 3.05) is 19.6 Å². The molecule has 0 unspecified atom stereocenters. The molecule has 0 aliphatic carbocycles. The molecular weight excluding hydrogens is 322 g/mol. The molecule has 26 heavy (non-hydrogen) atoms. The smallest absolute Gasteiger partial charge is 0.307 e. The van der Waals surface area contributed by atoms with Gasteiger partial charge in [0, 0.05) is 6.54 Å². The highest BCUT2D eigenvalue weighted by Gasteiger charge is 2.24. The van der Waals surface area contributed by atoms with Crippen LogP contribution >= 0.6 is 0 Å². The second-order valence-electron chi connectivity index (χ2n) is 6.97. The van der Waals surface area contributed by atoms with Crippen LogP contribution in [-0.2, 0) is 4.79 Å². The molecule has 0 spiro atoms. The van der Waals surface area contributed by atoms with Gasteiger partial charge in [-0.25, -0.2) is 0 Å². The van der Waals surface area contributed by atoms with Gasteiger partial charge < -0.3 is 10.0 Å². The number of allylic oxidation sites excluding steroid dienone is 1. The van der Waals surface area contributed by atoms with Crippen LogP contribution in [0.1, 0.15) is 36.8 Å². The number of piperidine rings is 1. The van der Waals surface area contributed by atoms with Gasteiger partial charge in [-0.2, -0.15) is 0 Å². The number of nitrogens with zero attached hydrogens (tertiary/aromatic N) is 1. The van der Waals surface area contributed by atoms with E-state index in [-0.39, 0.29) is 5.92 Å². The highest BCUT2D eigenvalue weighted by Crippen LogP contribution is 2.24. The van der Waals surface area contributed by atoms with E-state index in [2.05, 4.69) is 59.5 Å². The van der Waals surface area contributed by atoms with E-state index in [0.29, 0.717) is 6.54 Å². The van der Waals surface area contributed by atoms with Crippen molar-refractivity contribution in [3.8, 4) is 0 Å². The molecule has 2 aromatic rings. The van der Waals surface area contributed by atoms with Gasteiger partial charge in [-0.05, 0) is 55.5 Å². The van der Waals surface area contributed by atoms with Gasteiger partial charge in [0.15, 0.2) is 0 Å². The lowest BCUT2D eigenvalue weighted by Crippen LogP contribution is -2.39. The van der Waals surface area contributed by atoms with E-state index in [4.69, 9.17) is 0 Å². The summed E-state index contributed by atoms with van der Waals surface area (Å²) in [6.07, 6.45) is 6.18. The van der Waals surface area contributed by atoms with Crippen LogP contribution in [-0.4, -0.2) is 35.6 Å². The fraction of sp³-hybridized carbons (Fsp3) is 0.348. The summed E-state index contributed by atoms with van der Waals surface area (Å²) in [7, 11) is 0. The molecule has 0 aromatic heterocycles. The van der Waals surface area contributed by atoms with Crippen LogP contribution in [0.5, 0.6) is 0 Å². The number of rotatable bonds is 7. The van der Waals surface area contributed by atoms with Crippen molar-refractivity contribution in [1.29, 1.82) is 0 Å². The van der Waals surface area contributed by atoms with E-state index in [9.17, 15) is 9.90 Å². The maximum atomic E-state index is 11.2. The predicted molar refractivity (Wildman–Crippen MR) is 106 cm³/mol. The first-order chi connectivity index (χ1) is 12.7. The monoisotopic (exact) mass is 349 g/mol. The Kier molecular flexibility index (Phi) is 6.62. The zero-order valence-corrected chi connectivity index (χ0v) is 15.2. The first kappa shape index (κ1) is 18.4. The van der Waals surface area contributed by atoms with Crippen LogP contribution in [0.4, 0.5) is 0 Å². The Hall–Kier alpha value is -2.39. The molecule has 1 saturated heterocycles. The lowest BCUT2D eigenvalue weighted by Gasteiger charge is -2.30. The number of carbonyl (C=O) groups is 1. The van der Waals surface area contributed by atoms with E-state index < -0.39 is 5.97 Å². The van der Waals surface area contributed by atoms with Gasteiger partial charge in [0.1, 0.15) is 0 Å². The Morgan fingerprint density at radius 3 is 2.23 bits per heavy atom. The molecule has 0 radical (unpaired) electrons. The van der Waals surface area contributed by atoms with E-state index in [1.165, 1.54) is 16.7 Å². The maximum absolute atomic E-state index is 11.2. The molecule has 3 rings (SSSR count). The Morgan fingerprint density at radius 2 is 1.65 bits per heavy atom. The topological polar surface area (TPSA) is 40.5 Å². The Bertz CT molecular complexity index is 683. The minimum absolute atomic E-state index is 0.191. The number of hydrogen-bond acceptors (Lipinski definition) is 2. The lowest BCUT2D eigenvalue weighted by molar-refractivity contribution is -0.143. The normalized spacial score (nSPS) is 17.6. The summed E-state index contributed by atoms with van der Waals surface area (Å²) in [5.41, 5.74) is 3.75. The van der Waals surface area contributed by atoms with E-state index in [1.54, 1.807) is 0 Å². The number of aliphatic carboxylic acids is 1. The predicted octanol–water partition coefficient (Wildman–Crippen LogP) is 4.70. The van der Waals surface area contributed by atoms with Crippen molar-refractivity contribution in [2.24, 2.45) is 5.92 Å². The molecule has 1 aliphatic heterocycles. The van der Waals surface area contributed by atoms with Crippen molar-refractivity contribution in [2.45, 2.75) is 25.7 Å². The maximum Gasteiger partial charge on any atom is 0.307 e. The Balaban J connectivity index is 1.61. The molecule has 1 fully saturated rings. The molecule has 2 aromatic carbocycles. The van der Waals surface area contributed by atoms with Crippen LogP contribution in [0.2, 0.25) is 0 Å². The third kappa shape index (κ3) is 5.06. The van der Waals surface area contributed by atoms with E-state index in [0.717, 1.165) is 38.8 Å². The van der Waals surface area contributed by atoms with Gasteiger partial charge in [0.05, 0.1) is 5.92 Å². The third-order valence-corrected chi connectivity index (χ3v) is 5.05. The van der Waals surface area contributed by atoms with Crippen molar-refractivity contribution >= 4 is 11.5 Å². The third-order valence-electron chi connectivity index (χ3n) is 5.05. The van der Waals surface area contributed by atoms with Gasteiger partial charge in [-0.3, -0.25) is 4.79 Å². The molecule has 136 valence electrons. The second-order valence-corrected chi connectivity index (χ2v) is 6.97. The fourth-order valence-corrected chi connectivity index (χ4v) is 3.66. The first-order valence-corrected chi connectivity index (χ1v) is 9.50. The summed E-state index contributed by atoms with van der Waals surface area (Å²) < 4.78 is 0. The molecule has 0 amide bonds. The van der Waals surface area contributed by atoms with Crippen molar-refractivity contribution in [3.05, 3.63) is 77.9 Å². The van der Waals surface area contributed by atoms with E-state index >= 15 is 0 Å².